The van der Waals surface area contributed by atoms with E-state index < -0.39 is 12.0 Å². The maximum Gasteiger partial charge on any atom is 0.453 e. The van der Waals surface area contributed by atoms with Crippen LogP contribution < -0.4 is 0 Å². The summed E-state index contributed by atoms with van der Waals surface area (Å²) in [6, 6.07) is 3.43. The molecule has 0 fully saturated rings. The zero-order valence-corrected chi connectivity index (χ0v) is 11.5. The van der Waals surface area contributed by atoms with Crippen LogP contribution in [0, 0.1) is 20.8 Å². The van der Waals surface area contributed by atoms with E-state index in [1.165, 1.54) is 4.68 Å². The normalized spacial score (nSPS) is 12.3. The SMILES string of the molecule is Cc1cc(-n2nc(C)cc2C)n2nc(C(F)(F)F)nc2n1. The van der Waals surface area contributed by atoms with Gasteiger partial charge in [-0.2, -0.15) is 27.8 Å². The van der Waals surface area contributed by atoms with Crippen molar-refractivity contribution in [1.82, 2.24) is 29.4 Å². The maximum atomic E-state index is 12.8. The molecule has 0 saturated carbocycles. The lowest BCUT2D eigenvalue weighted by atomic mass is 10.4. The highest BCUT2D eigenvalue weighted by atomic mass is 19.4. The molecule has 9 heteroatoms. The zero-order chi connectivity index (χ0) is 15.4. The van der Waals surface area contributed by atoms with Gasteiger partial charge in [0, 0.05) is 17.5 Å². The number of alkyl halides is 3. The minimum absolute atomic E-state index is 0.107. The highest BCUT2D eigenvalue weighted by Gasteiger charge is 2.37. The molecule has 0 bridgehead atoms. The van der Waals surface area contributed by atoms with Gasteiger partial charge in [-0.1, -0.05) is 0 Å². The molecular weight excluding hydrogens is 285 g/mol. The Labute approximate surface area is 117 Å². The number of hydrogen-bond donors (Lipinski definition) is 0. The van der Waals surface area contributed by atoms with Crippen LogP contribution >= 0.6 is 0 Å². The van der Waals surface area contributed by atoms with Crippen molar-refractivity contribution < 1.29 is 13.2 Å². The molecule has 6 nitrogen and oxygen atoms in total. The molecule has 3 aromatic heterocycles. The van der Waals surface area contributed by atoms with Crippen molar-refractivity contribution in [3.05, 3.63) is 35.0 Å². The zero-order valence-electron chi connectivity index (χ0n) is 11.5. The maximum absolute atomic E-state index is 12.8. The van der Waals surface area contributed by atoms with Crippen LogP contribution in [0.1, 0.15) is 22.9 Å². The first-order chi connectivity index (χ1) is 9.75. The standard InChI is InChI=1S/C12H11F3N6/c1-6-5-9(20-8(3)4-7(2)18-20)21-11(16-6)17-10(19-21)12(13,14)15/h4-5H,1-3H3. The van der Waals surface area contributed by atoms with Gasteiger partial charge in [0.25, 0.3) is 11.6 Å². The van der Waals surface area contributed by atoms with Crippen molar-refractivity contribution in [3.63, 3.8) is 0 Å². The van der Waals surface area contributed by atoms with E-state index >= 15 is 0 Å². The van der Waals surface area contributed by atoms with E-state index in [0.717, 1.165) is 15.9 Å². The molecule has 0 aliphatic carbocycles. The summed E-state index contributed by atoms with van der Waals surface area (Å²) in [5.41, 5.74) is 2.07. The topological polar surface area (TPSA) is 60.9 Å². The van der Waals surface area contributed by atoms with Crippen LogP contribution in [0.2, 0.25) is 0 Å². The van der Waals surface area contributed by atoms with Crippen LogP contribution in [0.4, 0.5) is 13.2 Å². The molecule has 3 rings (SSSR count). The van der Waals surface area contributed by atoms with E-state index in [1.807, 2.05) is 13.0 Å². The minimum atomic E-state index is -4.62. The molecule has 0 atom stereocenters. The number of fused-ring (bicyclic) bond motifs is 1. The van der Waals surface area contributed by atoms with Gasteiger partial charge in [0.2, 0.25) is 0 Å². The van der Waals surface area contributed by atoms with E-state index in [0.29, 0.717) is 11.5 Å². The Kier molecular flexibility index (Phi) is 2.75. The summed E-state index contributed by atoms with van der Waals surface area (Å²) in [4.78, 5) is 7.42. The summed E-state index contributed by atoms with van der Waals surface area (Å²) < 4.78 is 40.8. The summed E-state index contributed by atoms with van der Waals surface area (Å²) in [5.74, 6) is -0.959. The molecular formula is C12H11F3N6. The van der Waals surface area contributed by atoms with Crippen molar-refractivity contribution in [3.8, 4) is 5.82 Å². The number of rotatable bonds is 1. The van der Waals surface area contributed by atoms with Crippen LogP contribution in [-0.4, -0.2) is 29.4 Å². The van der Waals surface area contributed by atoms with Gasteiger partial charge in [-0.3, -0.25) is 0 Å². The summed E-state index contributed by atoms with van der Waals surface area (Å²) in [6.45, 7) is 5.29. The molecule has 0 aliphatic heterocycles. The molecule has 0 saturated heterocycles. The average molecular weight is 296 g/mol. The number of nitrogens with zero attached hydrogens (tertiary/aromatic N) is 6. The first-order valence-corrected chi connectivity index (χ1v) is 6.11. The number of halogens is 3. The quantitative estimate of drug-likeness (QED) is 0.691. The van der Waals surface area contributed by atoms with E-state index in [9.17, 15) is 13.2 Å². The summed E-state index contributed by atoms with van der Waals surface area (Å²) >= 11 is 0. The highest BCUT2D eigenvalue weighted by molar-refractivity contribution is 5.39. The van der Waals surface area contributed by atoms with Crippen LogP contribution in [0.25, 0.3) is 11.6 Å². The first-order valence-electron chi connectivity index (χ1n) is 6.11. The van der Waals surface area contributed by atoms with Gasteiger partial charge in [-0.25, -0.2) is 9.67 Å². The lowest BCUT2D eigenvalue weighted by Gasteiger charge is -2.06. The van der Waals surface area contributed by atoms with Gasteiger partial charge in [-0.05, 0) is 26.8 Å². The minimum Gasteiger partial charge on any atom is -0.219 e. The van der Waals surface area contributed by atoms with Gasteiger partial charge >= 0.3 is 6.18 Å². The molecule has 0 aromatic carbocycles. The second-order valence-electron chi connectivity index (χ2n) is 4.74. The van der Waals surface area contributed by atoms with E-state index in [1.54, 1.807) is 19.9 Å². The molecule has 3 aromatic rings. The Balaban J connectivity index is 2.32. The largest absolute Gasteiger partial charge is 0.453 e. The smallest absolute Gasteiger partial charge is 0.219 e. The monoisotopic (exact) mass is 296 g/mol. The molecule has 110 valence electrons. The molecule has 0 aliphatic rings. The fourth-order valence-corrected chi connectivity index (χ4v) is 2.10. The summed E-state index contributed by atoms with van der Waals surface area (Å²) in [5, 5.41) is 7.77. The third-order valence-corrected chi connectivity index (χ3v) is 2.90. The molecule has 0 spiro atoms. The third-order valence-electron chi connectivity index (χ3n) is 2.90. The third kappa shape index (κ3) is 2.24. The van der Waals surface area contributed by atoms with Gasteiger partial charge in [0.05, 0.1) is 5.69 Å². The van der Waals surface area contributed by atoms with E-state index in [4.69, 9.17) is 0 Å². The van der Waals surface area contributed by atoms with Crippen LogP contribution in [0.5, 0.6) is 0 Å². The molecule has 0 radical (unpaired) electrons. The highest BCUT2D eigenvalue weighted by Crippen LogP contribution is 2.27. The lowest BCUT2D eigenvalue weighted by molar-refractivity contribution is -0.144. The first kappa shape index (κ1) is 13.5. The molecule has 0 amide bonds. The predicted octanol–water partition coefficient (Wildman–Crippen LogP) is 2.25. The van der Waals surface area contributed by atoms with Crippen molar-refractivity contribution >= 4 is 5.78 Å². The number of aromatic nitrogens is 6. The van der Waals surface area contributed by atoms with E-state index in [2.05, 4.69) is 20.2 Å². The predicted molar refractivity (Wildman–Crippen MR) is 67.1 cm³/mol. The van der Waals surface area contributed by atoms with Crippen LogP contribution in [-0.2, 0) is 6.18 Å². The Morgan fingerprint density at radius 1 is 0.952 bits per heavy atom. The molecule has 3 heterocycles. The fourth-order valence-electron chi connectivity index (χ4n) is 2.10. The Morgan fingerprint density at radius 3 is 2.24 bits per heavy atom. The fraction of sp³-hybridized carbons (Fsp3) is 0.333. The van der Waals surface area contributed by atoms with Crippen molar-refractivity contribution in [2.24, 2.45) is 0 Å². The van der Waals surface area contributed by atoms with Crippen molar-refractivity contribution in [1.29, 1.82) is 0 Å². The Hall–Kier alpha value is -2.45. The molecule has 21 heavy (non-hydrogen) atoms. The Bertz CT molecular complexity index is 829. The number of hydrogen-bond acceptors (Lipinski definition) is 4. The van der Waals surface area contributed by atoms with Crippen LogP contribution in [0.15, 0.2) is 12.1 Å². The second kappa shape index (κ2) is 4.27. The van der Waals surface area contributed by atoms with Gasteiger partial charge < -0.3 is 0 Å². The Morgan fingerprint density at radius 2 is 1.67 bits per heavy atom. The second-order valence-corrected chi connectivity index (χ2v) is 4.74. The summed E-state index contributed by atoms with van der Waals surface area (Å²) in [6.07, 6.45) is -4.62. The average Bonchev–Trinajstić information content (AvgIpc) is 2.90. The van der Waals surface area contributed by atoms with Crippen molar-refractivity contribution in [2.45, 2.75) is 26.9 Å². The van der Waals surface area contributed by atoms with Gasteiger partial charge in [0.15, 0.2) is 5.82 Å². The van der Waals surface area contributed by atoms with Crippen LogP contribution in [0.3, 0.4) is 0 Å². The molecule has 0 unspecified atom stereocenters. The molecule has 0 N–H and O–H groups in total. The van der Waals surface area contributed by atoms with Gasteiger partial charge in [-0.15, -0.1) is 5.10 Å². The summed E-state index contributed by atoms with van der Waals surface area (Å²) in [7, 11) is 0. The van der Waals surface area contributed by atoms with E-state index in [-0.39, 0.29) is 5.78 Å². The van der Waals surface area contributed by atoms with Gasteiger partial charge in [0.1, 0.15) is 0 Å². The lowest BCUT2D eigenvalue weighted by Crippen LogP contribution is -2.10. The number of aryl methyl sites for hydroxylation is 3. The van der Waals surface area contributed by atoms with Crippen molar-refractivity contribution in [2.75, 3.05) is 0 Å².